The minimum Gasteiger partial charge on any atom is -0.509 e. The molecule has 302 valence electrons. The third kappa shape index (κ3) is 5.39. The van der Waals surface area contributed by atoms with E-state index in [4.69, 9.17) is 11.5 Å². The maximum Gasteiger partial charge on any atom is 0.334 e. The molecule has 0 aromatic heterocycles. The quantitative estimate of drug-likeness (QED) is 0.0558. The predicted molar refractivity (Wildman–Crippen MR) is 213 cm³/mol. The van der Waals surface area contributed by atoms with E-state index < -0.39 is 85.9 Å². The lowest BCUT2D eigenvalue weighted by atomic mass is 9.34. The molecule has 0 heterocycles. The lowest BCUT2D eigenvalue weighted by Gasteiger charge is -2.69. The molecule has 2 spiro atoms. The average Bonchev–Trinajstić information content (AvgIpc) is 3.35. The smallest absolute Gasteiger partial charge is 0.334 e. The van der Waals surface area contributed by atoms with Gasteiger partial charge in [0.15, 0.2) is 11.7 Å². The number of carbonyl (C=O) groups excluding carboxylic acids is 2. The standard InChI is InChI=1S/C45H59N3O8/c1-25(28(24-48-39(46)47)35(52)34(51)26(2)38(53)54)30-22-44(55)20-21-45(56)29(15-14-27-12-8-6-9-13-27)36-40(3,4)32(50)16-19-42(36)17-10-7-11-18-43(30)23-31(49)33(42)37(45)41(43,44)5/h6,8-9,12-15,20-21,25,28-30,35-36,51-52,55-56H,7,10-11,16-19,22-24H2,1-5H3,(H,53,54)(H4,46,47,48)/b15-14+,34-26-/t25-,28+,29+,30-,35+,36-,41-,42-,43-,44-,45-/m1/s1. The number of hydrogen-bond donors (Lipinski definition) is 7. The van der Waals surface area contributed by atoms with Gasteiger partial charge in [0.25, 0.3) is 0 Å². The molecule has 6 aliphatic rings. The largest absolute Gasteiger partial charge is 0.509 e. The number of nitrogens with two attached hydrogens (primary N) is 2. The Morgan fingerprint density at radius 2 is 1.68 bits per heavy atom. The van der Waals surface area contributed by atoms with E-state index in [9.17, 15) is 35.1 Å². The van der Waals surface area contributed by atoms with Crippen molar-refractivity contribution in [3.05, 3.63) is 76.6 Å². The Kier molecular flexibility index (Phi) is 9.69. The van der Waals surface area contributed by atoms with Gasteiger partial charge in [-0.25, -0.2) is 4.79 Å². The Balaban J connectivity index is 1.49. The van der Waals surface area contributed by atoms with Gasteiger partial charge in [-0.2, -0.15) is 0 Å². The van der Waals surface area contributed by atoms with Crippen LogP contribution in [0, 0.1) is 51.2 Å². The first-order valence-corrected chi connectivity index (χ1v) is 20.3. The number of aliphatic imine (C=N–C) groups is 1. The number of aliphatic hydroxyl groups is 4. The number of Topliss-reactive ketones (excluding diaryl/α,β-unsaturated/α-hetero) is 2. The van der Waals surface area contributed by atoms with Crippen LogP contribution in [-0.2, 0) is 14.4 Å². The highest BCUT2D eigenvalue weighted by atomic mass is 16.4. The van der Waals surface area contributed by atoms with Gasteiger partial charge in [-0.1, -0.05) is 95.5 Å². The molecule has 3 fully saturated rings. The Hall–Kier alpha value is -4.06. The molecule has 1 aromatic carbocycles. The summed E-state index contributed by atoms with van der Waals surface area (Å²) in [7, 11) is 0. The summed E-state index contributed by atoms with van der Waals surface area (Å²) in [6.07, 6.45) is 10.6. The first-order chi connectivity index (χ1) is 26.2. The van der Waals surface area contributed by atoms with Crippen LogP contribution in [-0.4, -0.2) is 72.9 Å². The van der Waals surface area contributed by atoms with E-state index in [1.807, 2.05) is 70.2 Å². The maximum atomic E-state index is 15.5. The lowest BCUT2D eigenvalue weighted by molar-refractivity contribution is -0.168. The fourth-order valence-electron chi connectivity index (χ4n) is 13.4. The Morgan fingerprint density at radius 3 is 2.34 bits per heavy atom. The third-order valence-electron chi connectivity index (χ3n) is 16.1. The number of carboxylic acids is 1. The van der Waals surface area contributed by atoms with Crippen molar-refractivity contribution in [2.75, 3.05) is 6.54 Å². The number of aliphatic hydroxyl groups excluding tert-OH is 2. The van der Waals surface area contributed by atoms with Crippen molar-refractivity contribution in [1.29, 1.82) is 0 Å². The SMILES string of the molecule is C/C(C(=O)O)=C(/O)[C@@H](O)[C@@H](CN=C(N)N)[C@@H](C)[C@H]1C[C@]2(O)C=C[C@]3(O)C4=C5C(=O)C[C@@]1(CCCCC[C@@]51CCC(=O)C(C)(C)[C@H]1[C@@H]3/C=C/c1ccccc1)[C@@]42C. The van der Waals surface area contributed by atoms with E-state index in [1.165, 1.54) is 6.92 Å². The number of rotatable bonds is 9. The van der Waals surface area contributed by atoms with Crippen molar-refractivity contribution in [1.82, 2.24) is 0 Å². The molecule has 1 aromatic rings. The monoisotopic (exact) mass is 769 g/mol. The number of fused-ring (bicyclic) bond motifs is 1. The second-order valence-electron chi connectivity index (χ2n) is 18.7. The van der Waals surface area contributed by atoms with Gasteiger partial charge in [0.2, 0.25) is 0 Å². The van der Waals surface area contributed by atoms with Gasteiger partial charge in [-0.05, 0) is 73.0 Å². The minimum atomic E-state index is -1.72. The van der Waals surface area contributed by atoms with Crippen LogP contribution in [0.2, 0.25) is 0 Å². The Morgan fingerprint density at radius 1 is 1.00 bits per heavy atom. The van der Waals surface area contributed by atoms with Crippen LogP contribution in [0.4, 0.5) is 0 Å². The van der Waals surface area contributed by atoms with Gasteiger partial charge in [-0.3, -0.25) is 14.6 Å². The molecule has 3 saturated carbocycles. The van der Waals surface area contributed by atoms with Crippen LogP contribution in [0.3, 0.4) is 0 Å². The number of nitrogens with zero attached hydrogens (tertiary/aromatic N) is 1. The molecule has 7 rings (SSSR count). The Labute approximate surface area is 329 Å². The number of carboxylic acid groups (broad SMARTS) is 1. The summed E-state index contributed by atoms with van der Waals surface area (Å²) in [6, 6.07) is 9.82. The number of ketones is 2. The topological polar surface area (TPSA) is 217 Å². The summed E-state index contributed by atoms with van der Waals surface area (Å²) in [4.78, 5) is 45.6. The number of allylic oxidation sites excluding steroid dienone is 1. The Bertz CT molecular complexity index is 1980. The van der Waals surface area contributed by atoms with Crippen molar-refractivity contribution in [3.8, 4) is 0 Å². The second-order valence-corrected chi connectivity index (χ2v) is 18.7. The van der Waals surface area contributed by atoms with Gasteiger partial charge in [0.1, 0.15) is 23.2 Å². The van der Waals surface area contributed by atoms with Crippen molar-refractivity contribution in [3.63, 3.8) is 0 Å². The molecule has 0 aliphatic heterocycles. The van der Waals surface area contributed by atoms with Gasteiger partial charge < -0.3 is 37.0 Å². The number of guanidine groups is 1. The van der Waals surface area contributed by atoms with E-state index in [-0.39, 0.29) is 36.9 Å². The first kappa shape index (κ1) is 40.1. The summed E-state index contributed by atoms with van der Waals surface area (Å²) in [5.74, 6) is -5.24. The van der Waals surface area contributed by atoms with Crippen LogP contribution >= 0.6 is 0 Å². The van der Waals surface area contributed by atoms with E-state index in [0.29, 0.717) is 36.8 Å². The summed E-state index contributed by atoms with van der Waals surface area (Å²) in [6.45, 7) is 8.94. The average molecular weight is 770 g/mol. The minimum absolute atomic E-state index is 0.0685. The van der Waals surface area contributed by atoms with Crippen molar-refractivity contribution in [2.45, 2.75) is 110 Å². The van der Waals surface area contributed by atoms with E-state index >= 15 is 4.79 Å². The molecular weight excluding hydrogens is 711 g/mol. The molecule has 56 heavy (non-hydrogen) atoms. The summed E-state index contributed by atoms with van der Waals surface area (Å²) in [5, 5.41) is 59.4. The predicted octanol–water partition coefficient (Wildman–Crippen LogP) is 5.40. The number of carbonyl (C=O) groups is 3. The van der Waals surface area contributed by atoms with Gasteiger partial charge in [-0.15, -0.1) is 0 Å². The van der Waals surface area contributed by atoms with E-state index in [2.05, 4.69) is 4.99 Å². The molecule has 6 aliphatic carbocycles. The molecular formula is C45H59N3O8. The van der Waals surface area contributed by atoms with Crippen molar-refractivity contribution < 1.29 is 39.9 Å². The zero-order valence-electron chi connectivity index (χ0n) is 33.3. The fourth-order valence-corrected chi connectivity index (χ4v) is 13.4. The van der Waals surface area contributed by atoms with E-state index in [1.54, 1.807) is 12.2 Å². The van der Waals surface area contributed by atoms with Crippen LogP contribution in [0.5, 0.6) is 0 Å². The van der Waals surface area contributed by atoms with Gasteiger partial charge in [0.05, 0.1) is 11.2 Å². The van der Waals surface area contributed by atoms with Crippen LogP contribution in [0.1, 0.15) is 98.0 Å². The van der Waals surface area contributed by atoms with Crippen molar-refractivity contribution in [2.24, 2.45) is 67.7 Å². The molecule has 2 bridgehead atoms. The highest BCUT2D eigenvalue weighted by Gasteiger charge is 2.80. The first-order valence-electron chi connectivity index (χ1n) is 20.3. The van der Waals surface area contributed by atoms with Crippen LogP contribution in [0.25, 0.3) is 6.08 Å². The highest BCUT2D eigenvalue weighted by Crippen LogP contribution is 2.80. The molecule has 11 nitrogen and oxygen atoms in total. The van der Waals surface area contributed by atoms with Crippen LogP contribution in [0.15, 0.2) is 76.0 Å². The normalized spacial score (nSPS) is 39.1. The fraction of sp³-hybridized carbons (Fsp3) is 0.600. The molecule has 0 saturated heterocycles. The van der Waals surface area contributed by atoms with Gasteiger partial charge in [0, 0.05) is 53.0 Å². The number of aliphatic carboxylic acids is 1. The highest BCUT2D eigenvalue weighted by molar-refractivity contribution is 6.02. The zero-order valence-corrected chi connectivity index (χ0v) is 33.3. The summed E-state index contributed by atoms with van der Waals surface area (Å²) < 4.78 is 0. The molecule has 9 N–H and O–H groups in total. The maximum absolute atomic E-state index is 15.5. The molecule has 0 unspecified atom stereocenters. The van der Waals surface area contributed by atoms with Gasteiger partial charge >= 0.3 is 5.97 Å². The molecule has 11 atom stereocenters. The number of hydrogen-bond acceptors (Lipinski definition) is 8. The molecule has 0 radical (unpaired) electrons. The van der Waals surface area contributed by atoms with E-state index in [0.717, 1.165) is 24.8 Å². The summed E-state index contributed by atoms with van der Waals surface area (Å²) in [5.41, 5.74) is 6.31. The van der Waals surface area contributed by atoms with Crippen molar-refractivity contribution >= 4 is 29.6 Å². The van der Waals surface area contributed by atoms with Crippen LogP contribution < -0.4 is 11.5 Å². The third-order valence-corrected chi connectivity index (χ3v) is 16.1. The second kappa shape index (κ2) is 13.5. The summed E-state index contributed by atoms with van der Waals surface area (Å²) >= 11 is 0. The lowest BCUT2D eigenvalue weighted by Crippen LogP contribution is -2.70. The zero-order chi connectivity index (χ0) is 40.8. The number of benzene rings is 1. The molecule has 0 amide bonds. The molecule has 11 heteroatoms.